The van der Waals surface area contributed by atoms with E-state index in [2.05, 4.69) is 18.8 Å². The van der Waals surface area contributed by atoms with E-state index < -0.39 is 52.8 Å². The van der Waals surface area contributed by atoms with Crippen LogP contribution in [0.25, 0.3) is 12.2 Å². The summed E-state index contributed by atoms with van der Waals surface area (Å²) < 4.78 is 85.5. The zero-order chi connectivity index (χ0) is 34.4. The molecule has 0 unspecified atom stereocenters. The van der Waals surface area contributed by atoms with Crippen molar-refractivity contribution in [1.82, 2.24) is 4.98 Å². The molecule has 1 aromatic heterocycles. The number of aromatic nitrogens is 1. The lowest BCUT2D eigenvalue weighted by Crippen LogP contribution is -2.65. The quantitative estimate of drug-likeness (QED) is 0.252. The van der Waals surface area contributed by atoms with Crippen molar-refractivity contribution in [2.75, 3.05) is 13.2 Å². The van der Waals surface area contributed by atoms with Crippen LogP contribution in [0, 0.1) is 22.7 Å². The Labute approximate surface area is 278 Å². The number of fused-ring (bicyclic) bond motifs is 4. The Morgan fingerprint density at radius 2 is 1.56 bits per heavy atom. The Kier molecular flexibility index (Phi) is 7.87. The summed E-state index contributed by atoms with van der Waals surface area (Å²) in [6.07, 6.45) is 2.55. The van der Waals surface area contributed by atoms with Crippen LogP contribution in [0.3, 0.4) is 0 Å². The molecule has 48 heavy (non-hydrogen) atoms. The summed E-state index contributed by atoms with van der Waals surface area (Å²) in [5.74, 6) is -7.77. The van der Waals surface area contributed by atoms with Gasteiger partial charge in [-0.05, 0) is 84.8 Å². The Bertz CT molecular complexity index is 1610. The fraction of sp³-hybridized carbons (Fsp3) is 0.605. The Hall–Kier alpha value is -2.66. The second-order valence-electron chi connectivity index (χ2n) is 16.0. The van der Waals surface area contributed by atoms with Crippen molar-refractivity contribution in [3.8, 4) is 0 Å². The van der Waals surface area contributed by atoms with Gasteiger partial charge in [0.2, 0.25) is 0 Å². The van der Waals surface area contributed by atoms with E-state index in [4.69, 9.17) is 9.47 Å². The van der Waals surface area contributed by atoms with Crippen molar-refractivity contribution in [3.63, 3.8) is 0 Å². The fourth-order valence-electron chi connectivity index (χ4n) is 9.85. The zero-order valence-corrected chi connectivity index (χ0v) is 27.6. The van der Waals surface area contributed by atoms with E-state index in [0.717, 1.165) is 27.8 Å². The van der Waals surface area contributed by atoms with E-state index in [0.29, 0.717) is 38.9 Å². The minimum atomic E-state index is -5.90. The third-order valence-electron chi connectivity index (χ3n) is 12.4. The van der Waals surface area contributed by atoms with Crippen LogP contribution >= 0.6 is 0 Å². The Morgan fingerprint density at radius 1 is 0.875 bits per heavy atom. The number of allylic oxidation sites excluding steroid dienone is 1. The molecule has 2 heterocycles. The van der Waals surface area contributed by atoms with Gasteiger partial charge in [-0.15, -0.1) is 0 Å². The molecular formula is C38H44F5NO4. The van der Waals surface area contributed by atoms with Gasteiger partial charge in [0.1, 0.15) is 5.60 Å². The van der Waals surface area contributed by atoms with E-state index in [1.807, 2.05) is 48.6 Å². The van der Waals surface area contributed by atoms with Gasteiger partial charge < -0.3 is 19.7 Å². The highest BCUT2D eigenvalue weighted by Crippen LogP contribution is 2.71. The molecule has 5 nitrogen and oxygen atoms in total. The van der Waals surface area contributed by atoms with Crippen molar-refractivity contribution >= 4 is 12.2 Å². The van der Waals surface area contributed by atoms with Crippen LogP contribution < -0.4 is 0 Å². The van der Waals surface area contributed by atoms with Crippen molar-refractivity contribution in [2.24, 2.45) is 22.7 Å². The lowest BCUT2D eigenvalue weighted by Gasteiger charge is -2.59. The summed E-state index contributed by atoms with van der Waals surface area (Å²) in [6.45, 7) is 6.54. The highest BCUT2D eigenvalue weighted by Gasteiger charge is 2.79. The lowest BCUT2D eigenvalue weighted by molar-refractivity contribution is -0.362. The van der Waals surface area contributed by atoms with E-state index in [9.17, 15) is 23.4 Å². The first-order valence-corrected chi connectivity index (χ1v) is 17.0. The number of aliphatic hydroxyl groups is 2. The summed E-state index contributed by atoms with van der Waals surface area (Å²) in [5.41, 5.74) is -2.11. The van der Waals surface area contributed by atoms with E-state index in [1.54, 1.807) is 12.4 Å². The predicted molar refractivity (Wildman–Crippen MR) is 171 cm³/mol. The molecule has 2 N–H and O–H groups in total. The second-order valence-corrected chi connectivity index (χ2v) is 16.0. The topological polar surface area (TPSA) is 71.8 Å². The number of benzene rings is 1. The molecule has 5 aliphatic rings. The minimum absolute atomic E-state index is 0.0468. The minimum Gasteiger partial charge on any atom is -0.385 e. The van der Waals surface area contributed by atoms with Gasteiger partial charge in [-0.2, -0.15) is 22.0 Å². The van der Waals surface area contributed by atoms with Crippen LogP contribution in [-0.2, 0) is 9.47 Å². The van der Waals surface area contributed by atoms with Crippen molar-refractivity contribution in [1.29, 1.82) is 0 Å². The maximum Gasteiger partial charge on any atom is 0.456 e. The molecule has 4 fully saturated rings. The lowest BCUT2D eigenvalue weighted by atomic mass is 9.49. The first-order valence-electron chi connectivity index (χ1n) is 17.0. The van der Waals surface area contributed by atoms with Gasteiger partial charge in [-0.3, -0.25) is 4.98 Å². The molecule has 0 bridgehead atoms. The van der Waals surface area contributed by atoms with Crippen LogP contribution in [-0.4, -0.2) is 57.5 Å². The van der Waals surface area contributed by atoms with Crippen molar-refractivity contribution < 1.29 is 41.6 Å². The molecule has 4 aliphatic carbocycles. The number of hydrogen-bond acceptors (Lipinski definition) is 5. The molecule has 7 rings (SSSR count). The number of rotatable bonds is 4. The van der Waals surface area contributed by atoms with Crippen LogP contribution in [0.4, 0.5) is 22.0 Å². The summed E-state index contributed by atoms with van der Waals surface area (Å²) in [5, 5.41) is 24.0. The molecule has 1 aliphatic heterocycles. The number of ether oxygens (including phenoxy) is 2. The highest BCUT2D eigenvalue weighted by molar-refractivity contribution is 5.69. The number of nitrogens with zero attached hydrogens (tertiary/aromatic N) is 1. The Morgan fingerprint density at radius 3 is 2.25 bits per heavy atom. The molecule has 260 valence electrons. The summed E-state index contributed by atoms with van der Waals surface area (Å²) in [7, 11) is 0. The largest absolute Gasteiger partial charge is 0.456 e. The van der Waals surface area contributed by atoms with Crippen LogP contribution in [0.1, 0.15) is 94.7 Å². The van der Waals surface area contributed by atoms with Gasteiger partial charge in [0.05, 0.1) is 18.8 Å². The average molecular weight is 674 g/mol. The molecule has 1 spiro atoms. The highest BCUT2D eigenvalue weighted by atomic mass is 19.4. The van der Waals surface area contributed by atoms with Gasteiger partial charge in [0, 0.05) is 42.0 Å². The van der Waals surface area contributed by atoms with Gasteiger partial charge in [-0.25, -0.2) is 0 Å². The smallest absolute Gasteiger partial charge is 0.385 e. The Balaban J connectivity index is 1.33. The van der Waals surface area contributed by atoms with Crippen LogP contribution in [0.15, 0.2) is 59.9 Å². The van der Waals surface area contributed by atoms with Gasteiger partial charge in [0.25, 0.3) is 0 Å². The normalized spacial score (nSPS) is 36.2. The maximum atomic E-state index is 15.4. The van der Waals surface area contributed by atoms with Crippen LogP contribution in [0.2, 0.25) is 0 Å². The molecule has 0 amide bonds. The SMILES string of the molecule is CC1(C)COC2(CCC3=C4[C@@H](CC[C@@]3(O)C2)[C@@H]2CC[C@@](O)(C(F)(F)C(F)(F)F)[C@@]2(C)C[C@@H]4c2cccc(/C=C/c3ccncc3)c2)OC1. The fourth-order valence-corrected chi connectivity index (χ4v) is 9.85. The van der Waals surface area contributed by atoms with Gasteiger partial charge in [0.15, 0.2) is 5.79 Å². The van der Waals surface area contributed by atoms with Gasteiger partial charge >= 0.3 is 12.1 Å². The van der Waals surface area contributed by atoms with E-state index in [1.165, 1.54) is 6.92 Å². The van der Waals surface area contributed by atoms with Crippen LogP contribution in [0.5, 0.6) is 0 Å². The number of halogens is 5. The monoisotopic (exact) mass is 673 g/mol. The molecule has 1 aromatic carbocycles. The summed E-state index contributed by atoms with van der Waals surface area (Å²) >= 11 is 0. The third-order valence-corrected chi connectivity index (χ3v) is 12.4. The number of alkyl halides is 5. The molecule has 2 aromatic rings. The first-order chi connectivity index (χ1) is 22.4. The first kappa shape index (κ1) is 33.8. The van der Waals surface area contributed by atoms with E-state index in [-0.39, 0.29) is 30.6 Å². The third kappa shape index (κ3) is 5.19. The molecule has 0 radical (unpaired) electrons. The van der Waals surface area contributed by atoms with E-state index >= 15 is 8.78 Å². The standard InChI is InChI=1S/C38H44F5NO4/c1-32(2)22-47-35(48-23-32)15-10-30-31-27(9-14-34(30,45)21-35)29-11-16-36(46,37(39,40)38(41,42)43)33(29,3)20-28(31)26-6-4-5-25(19-26)8-7-24-12-17-44-18-13-24/h4-8,12-13,17-19,27-29,45-46H,9-11,14-16,20-23H2,1-3H3/b8-7+/t27-,28+,29-,33-,34+,36-/m0/s1. The van der Waals surface area contributed by atoms with Crippen molar-refractivity contribution in [2.45, 2.75) is 107 Å². The van der Waals surface area contributed by atoms with Crippen molar-refractivity contribution in [3.05, 3.63) is 76.6 Å². The predicted octanol–water partition coefficient (Wildman–Crippen LogP) is 8.48. The average Bonchev–Trinajstić information content (AvgIpc) is 3.32. The number of pyridine rings is 1. The molecule has 6 atom stereocenters. The molecule has 1 saturated heterocycles. The molecule has 10 heteroatoms. The maximum absolute atomic E-state index is 15.4. The summed E-state index contributed by atoms with van der Waals surface area (Å²) in [4.78, 5) is 4.04. The zero-order valence-electron chi connectivity index (χ0n) is 27.6. The molecule has 3 saturated carbocycles. The number of hydrogen-bond donors (Lipinski definition) is 2. The van der Waals surface area contributed by atoms with Gasteiger partial charge in [-0.1, -0.05) is 62.8 Å². The second kappa shape index (κ2) is 11.2. The summed E-state index contributed by atoms with van der Waals surface area (Å²) in [6, 6.07) is 11.3. The molecular weight excluding hydrogens is 629 g/mol.